The standard InChI is InChI=1S/C40H42O11/c1-24-21-31(48-35(43)27-15-9-6-10-16-27)34(47-26(3)42)39(23-46-25(2)41)32(49-36(44)28-17-11-7-12-18-28)22-30-33(40(24,39)51-38(30,4)5)50-37(45)29-19-13-8-14-20-29/h6-20,24,30-34H,21-23H2,1-5H3/t24-,30-,31+,32+,33+,34+,39+,40-/m1/s1. The second-order valence-corrected chi connectivity index (χ2v) is 14.1. The second kappa shape index (κ2) is 13.9. The molecule has 51 heavy (non-hydrogen) atoms. The van der Waals surface area contributed by atoms with Gasteiger partial charge in [-0.25, -0.2) is 14.4 Å². The molecule has 1 spiro atoms. The Morgan fingerprint density at radius 2 is 1.14 bits per heavy atom. The summed E-state index contributed by atoms with van der Waals surface area (Å²) in [6.45, 7) is 7.54. The summed E-state index contributed by atoms with van der Waals surface area (Å²) in [6.07, 6.45) is -4.50. The Kier molecular flexibility index (Phi) is 9.78. The fourth-order valence-corrected chi connectivity index (χ4v) is 8.53. The van der Waals surface area contributed by atoms with E-state index in [4.69, 9.17) is 28.4 Å². The molecule has 1 heterocycles. The second-order valence-electron chi connectivity index (χ2n) is 14.1. The van der Waals surface area contributed by atoms with Crippen LogP contribution in [0.25, 0.3) is 0 Å². The van der Waals surface area contributed by atoms with Crippen molar-refractivity contribution in [3.05, 3.63) is 108 Å². The van der Waals surface area contributed by atoms with Crippen LogP contribution in [0.15, 0.2) is 91.0 Å². The van der Waals surface area contributed by atoms with Crippen LogP contribution < -0.4 is 0 Å². The number of benzene rings is 3. The number of fused-ring (bicyclic) bond motifs is 1. The lowest BCUT2D eigenvalue weighted by atomic mass is 9.47. The van der Waals surface area contributed by atoms with Crippen LogP contribution in [0.1, 0.15) is 78.5 Å². The van der Waals surface area contributed by atoms with E-state index in [0.29, 0.717) is 5.56 Å². The van der Waals surface area contributed by atoms with Gasteiger partial charge in [0, 0.05) is 19.8 Å². The minimum Gasteiger partial charge on any atom is -0.465 e. The molecule has 2 saturated carbocycles. The maximum Gasteiger partial charge on any atom is 0.338 e. The van der Waals surface area contributed by atoms with Crippen LogP contribution in [-0.2, 0) is 38.0 Å². The molecule has 1 aliphatic heterocycles. The molecule has 1 saturated heterocycles. The van der Waals surface area contributed by atoms with E-state index in [2.05, 4.69) is 0 Å². The smallest absolute Gasteiger partial charge is 0.338 e. The number of rotatable bonds is 9. The molecule has 8 atom stereocenters. The van der Waals surface area contributed by atoms with Gasteiger partial charge in [0.25, 0.3) is 0 Å². The Morgan fingerprint density at radius 3 is 1.63 bits per heavy atom. The highest BCUT2D eigenvalue weighted by Gasteiger charge is 2.83. The van der Waals surface area contributed by atoms with Crippen molar-refractivity contribution in [1.29, 1.82) is 0 Å². The normalized spacial score (nSPS) is 30.2. The summed E-state index contributed by atoms with van der Waals surface area (Å²) < 4.78 is 38.1. The lowest BCUT2D eigenvalue weighted by Gasteiger charge is -2.63. The summed E-state index contributed by atoms with van der Waals surface area (Å²) in [4.78, 5) is 67.1. The molecule has 11 heteroatoms. The van der Waals surface area contributed by atoms with Gasteiger partial charge in [-0.3, -0.25) is 9.59 Å². The number of carbonyl (C=O) groups is 5. The predicted molar refractivity (Wildman–Crippen MR) is 181 cm³/mol. The van der Waals surface area contributed by atoms with Crippen LogP contribution in [0, 0.1) is 17.3 Å². The molecule has 0 amide bonds. The third-order valence-corrected chi connectivity index (χ3v) is 10.6. The first-order valence-electron chi connectivity index (χ1n) is 17.1. The molecular weight excluding hydrogens is 656 g/mol. The van der Waals surface area contributed by atoms with Crippen molar-refractivity contribution in [2.75, 3.05) is 6.61 Å². The SMILES string of the molecule is CC(=O)OC[C@@]12[C@@H](OC(=O)c3ccccc3)C[C@@H]3[C@H](OC(=O)c4ccccc4)[C@]1(OC3(C)C)[C@H](C)C[C@H](OC(=O)c1ccccc1)[C@@H]2OC(C)=O. The van der Waals surface area contributed by atoms with Crippen molar-refractivity contribution in [2.45, 2.75) is 83.1 Å². The van der Waals surface area contributed by atoms with Crippen LogP contribution in [0.4, 0.5) is 0 Å². The van der Waals surface area contributed by atoms with E-state index < -0.39 is 89.3 Å². The molecule has 2 bridgehead atoms. The average molecular weight is 699 g/mol. The maximum atomic E-state index is 13.9. The van der Waals surface area contributed by atoms with Gasteiger partial charge in [0.05, 0.1) is 22.3 Å². The molecule has 3 fully saturated rings. The van der Waals surface area contributed by atoms with Crippen LogP contribution >= 0.6 is 0 Å². The van der Waals surface area contributed by atoms with Gasteiger partial charge in [-0.2, -0.15) is 0 Å². The van der Waals surface area contributed by atoms with Crippen molar-refractivity contribution in [2.24, 2.45) is 17.3 Å². The van der Waals surface area contributed by atoms with Crippen LogP contribution in [0.2, 0.25) is 0 Å². The first-order chi connectivity index (χ1) is 24.3. The predicted octanol–water partition coefficient (Wildman–Crippen LogP) is 5.75. The van der Waals surface area contributed by atoms with Crippen LogP contribution in [0.5, 0.6) is 0 Å². The highest BCUT2D eigenvalue weighted by molar-refractivity contribution is 5.91. The van der Waals surface area contributed by atoms with E-state index >= 15 is 0 Å². The largest absolute Gasteiger partial charge is 0.465 e. The van der Waals surface area contributed by atoms with Crippen molar-refractivity contribution in [3.8, 4) is 0 Å². The maximum absolute atomic E-state index is 13.9. The highest BCUT2D eigenvalue weighted by Crippen LogP contribution is 2.68. The molecular formula is C40H42O11. The summed E-state index contributed by atoms with van der Waals surface area (Å²) in [5, 5.41) is 0. The molecule has 268 valence electrons. The molecule has 2 aliphatic carbocycles. The number of carbonyl (C=O) groups excluding carboxylic acids is 5. The summed E-state index contributed by atoms with van der Waals surface area (Å²) >= 11 is 0. The van der Waals surface area contributed by atoms with Crippen molar-refractivity contribution < 1.29 is 52.4 Å². The van der Waals surface area contributed by atoms with Gasteiger partial charge in [-0.05, 0) is 69.0 Å². The van der Waals surface area contributed by atoms with Gasteiger partial charge in [-0.15, -0.1) is 0 Å². The number of esters is 5. The molecule has 0 radical (unpaired) electrons. The lowest BCUT2D eigenvalue weighted by Crippen LogP contribution is -2.78. The van der Waals surface area contributed by atoms with E-state index in [1.165, 1.54) is 13.8 Å². The van der Waals surface area contributed by atoms with Crippen molar-refractivity contribution in [3.63, 3.8) is 0 Å². The molecule has 0 N–H and O–H groups in total. The third-order valence-electron chi connectivity index (χ3n) is 10.6. The number of hydrogen-bond donors (Lipinski definition) is 0. The average Bonchev–Trinajstić information content (AvgIpc) is 3.28. The fourth-order valence-electron chi connectivity index (χ4n) is 8.53. The van der Waals surface area contributed by atoms with E-state index in [9.17, 15) is 24.0 Å². The first-order valence-corrected chi connectivity index (χ1v) is 17.1. The monoisotopic (exact) mass is 698 g/mol. The van der Waals surface area contributed by atoms with Gasteiger partial charge >= 0.3 is 29.8 Å². The Morgan fingerprint density at radius 1 is 0.647 bits per heavy atom. The molecule has 6 rings (SSSR count). The van der Waals surface area contributed by atoms with Gasteiger partial charge in [0.2, 0.25) is 0 Å². The zero-order chi connectivity index (χ0) is 36.6. The van der Waals surface area contributed by atoms with Crippen LogP contribution in [-0.4, -0.2) is 72.1 Å². The van der Waals surface area contributed by atoms with E-state index in [0.717, 1.165) is 0 Å². The number of ether oxygens (including phenoxy) is 6. The van der Waals surface area contributed by atoms with E-state index in [1.54, 1.807) is 91.0 Å². The van der Waals surface area contributed by atoms with E-state index in [1.807, 2.05) is 20.8 Å². The molecule has 0 aromatic heterocycles. The summed E-state index contributed by atoms with van der Waals surface area (Å²) in [7, 11) is 0. The molecule has 3 aromatic carbocycles. The summed E-state index contributed by atoms with van der Waals surface area (Å²) in [5.74, 6) is -4.48. The zero-order valence-electron chi connectivity index (χ0n) is 29.2. The molecule has 3 aliphatic rings. The van der Waals surface area contributed by atoms with Gasteiger partial charge in [0.15, 0.2) is 6.10 Å². The Hall–Kier alpha value is -5.03. The van der Waals surface area contributed by atoms with Gasteiger partial charge in [0.1, 0.15) is 35.9 Å². The topological polar surface area (TPSA) is 141 Å². The Bertz CT molecular complexity index is 1780. The Balaban J connectivity index is 1.56. The quantitative estimate of drug-likeness (QED) is 0.199. The molecule has 11 nitrogen and oxygen atoms in total. The molecule has 3 aromatic rings. The first kappa shape index (κ1) is 35.8. The minimum absolute atomic E-state index is 0.0607. The lowest BCUT2D eigenvalue weighted by molar-refractivity contribution is -0.315. The zero-order valence-corrected chi connectivity index (χ0v) is 29.2. The van der Waals surface area contributed by atoms with Crippen molar-refractivity contribution in [1.82, 2.24) is 0 Å². The molecule has 0 unspecified atom stereocenters. The van der Waals surface area contributed by atoms with Crippen LogP contribution in [0.3, 0.4) is 0 Å². The fraction of sp³-hybridized carbons (Fsp3) is 0.425. The Labute approximate surface area is 296 Å². The minimum atomic E-state index is -1.75. The number of hydrogen-bond acceptors (Lipinski definition) is 11. The summed E-state index contributed by atoms with van der Waals surface area (Å²) in [5.41, 5.74) is -3.48. The summed E-state index contributed by atoms with van der Waals surface area (Å²) in [6, 6.07) is 25.2. The van der Waals surface area contributed by atoms with Gasteiger partial charge in [-0.1, -0.05) is 61.5 Å². The van der Waals surface area contributed by atoms with Gasteiger partial charge < -0.3 is 28.4 Å². The third kappa shape index (κ3) is 6.39. The van der Waals surface area contributed by atoms with Crippen molar-refractivity contribution >= 4 is 29.8 Å². The van der Waals surface area contributed by atoms with E-state index in [-0.39, 0.29) is 24.0 Å². The highest BCUT2D eigenvalue weighted by atomic mass is 16.6.